The van der Waals surface area contributed by atoms with Gasteiger partial charge in [-0.25, -0.2) is 8.42 Å². The fraction of sp³-hybridized carbons (Fsp3) is 0.625. The zero-order chi connectivity index (χ0) is 15.6. The normalized spacial score (nSPS) is 24.0. The van der Waals surface area contributed by atoms with Crippen LogP contribution in [0.15, 0.2) is 29.2 Å². The first-order valence-electron chi connectivity index (χ1n) is 7.92. The van der Waals surface area contributed by atoms with Crippen LogP contribution < -0.4 is 5.32 Å². The summed E-state index contributed by atoms with van der Waals surface area (Å²) in [5.74, 6) is -0.279. The van der Waals surface area contributed by atoms with Crippen molar-refractivity contribution in [2.45, 2.75) is 49.4 Å². The third-order valence-corrected chi connectivity index (χ3v) is 6.19. The fourth-order valence-corrected chi connectivity index (χ4v) is 4.23. The topological polar surface area (TPSA) is 64.6 Å². The van der Waals surface area contributed by atoms with Crippen molar-refractivity contribution in [2.24, 2.45) is 0 Å². The molecule has 2 fully saturated rings. The molecule has 22 heavy (non-hydrogen) atoms. The van der Waals surface area contributed by atoms with Crippen LogP contribution in [-0.2, 0) is 19.3 Å². The minimum atomic E-state index is -3.23. The molecule has 6 heteroatoms. The molecule has 1 saturated heterocycles. The number of rotatable bonds is 5. The summed E-state index contributed by atoms with van der Waals surface area (Å²) in [6.45, 7) is 2.78. The summed E-state index contributed by atoms with van der Waals surface area (Å²) in [7, 11) is -3.23. The number of hydrogen-bond acceptors (Lipinski definition) is 5. The average molecular weight is 325 g/mol. The van der Waals surface area contributed by atoms with Crippen molar-refractivity contribution in [3.63, 3.8) is 0 Å². The minimum absolute atomic E-state index is 0.0320. The van der Waals surface area contributed by atoms with Gasteiger partial charge in [0, 0.05) is 19.4 Å². The standard InChI is InChI=1S/C16H23NO4S/c1-2-22(18,19)15-8-4-3-7-14(15)17-11-13-12-20-16(21-13)9-5-6-10-16/h3-4,7-8,13,17H,2,5-6,9-12H2,1H3/t13-/m1/s1. The summed E-state index contributed by atoms with van der Waals surface area (Å²) in [6, 6.07) is 7.02. The van der Waals surface area contributed by atoms with E-state index in [-0.39, 0.29) is 17.6 Å². The highest BCUT2D eigenvalue weighted by Crippen LogP contribution is 2.39. The largest absolute Gasteiger partial charge is 0.381 e. The van der Waals surface area contributed by atoms with E-state index in [0.29, 0.717) is 23.7 Å². The van der Waals surface area contributed by atoms with Crippen LogP contribution >= 0.6 is 0 Å². The maximum absolute atomic E-state index is 12.1. The van der Waals surface area contributed by atoms with E-state index in [0.717, 1.165) is 25.7 Å². The molecule has 1 spiro atoms. The highest BCUT2D eigenvalue weighted by atomic mass is 32.2. The maximum atomic E-state index is 12.1. The Hall–Kier alpha value is -1.11. The van der Waals surface area contributed by atoms with Gasteiger partial charge in [0.1, 0.15) is 6.10 Å². The number of hydrogen-bond donors (Lipinski definition) is 1. The molecule has 1 heterocycles. The van der Waals surface area contributed by atoms with Crippen molar-refractivity contribution in [3.05, 3.63) is 24.3 Å². The number of para-hydroxylation sites is 1. The van der Waals surface area contributed by atoms with E-state index in [1.807, 2.05) is 6.07 Å². The summed E-state index contributed by atoms with van der Waals surface area (Å²) in [5.41, 5.74) is 0.639. The Labute approximate surface area is 131 Å². The van der Waals surface area contributed by atoms with Crippen molar-refractivity contribution in [1.82, 2.24) is 0 Å². The lowest BCUT2D eigenvalue weighted by molar-refractivity contribution is -0.160. The van der Waals surface area contributed by atoms with Crippen molar-refractivity contribution in [3.8, 4) is 0 Å². The molecule has 1 aromatic rings. The molecule has 1 aliphatic carbocycles. The number of ether oxygens (including phenoxy) is 2. The predicted octanol–water partition coefficient (Wildman–Crippen LogP) is 2.58. The summed E-state index contributed by atoms with van der Waals surface area (Å²) >= 11 is 0. The first-order chi connectivity index (χ1) is 10.5. The summed E-state index contributed by atoms with van der Waals surface area (Å²) < 4.78 is 36.1. The Morgan fingerprint density at radius 1 is 1.27 bits per heavy atom. The third-order valence-electron chi connectivity index (χ3n) is 4.40. The highest BCUT2D eigenvalue weighted by molar-refractivity contribution is 7.91. The quantitative estimate of drug-likeness (QED) is 0.901. The van der Waals surface area contributed by atoms with E-state index in [1.54, 1.807) is 25.1 Å². The summed E-state index contributed by atoms with van der Waals surface area (Å²) in [4.78, 5) is 0.354. The molecule has 1 saturated carbocycles. The lowest BCUT2D eigenvalue weighted by Crippen LogP contribution is -2.29. The van der Waals surface area contributed by atoms with Crippen LogP contribution in [0.25, 0.3) is 0 Å². The highest BCUT2D eigenvalue weighted by Gasteiger charge is 2.43. The molecule has 122 valence electrons. The molecule has 1 atom stereocenters. The molecule has 0 unspecified atom stereocenters. The Bertz CT molecular complexity index is 623. The lowest BCUT2D eigenvalue weighted by atomic mass is 10.2. The van der Waals surface area contributed by atoms with E-state index >= 15 is 0 Å². The van der Waals surface area contributed by atoms with Gasteiger partial charge in [-0.2, -0.15) is 0 Å². The Morgan fingerprint density at radius 2 is 2.00 bits per heavy atom. The molecule has 0 amide bonds. The van der Waals surface area contributed by atoms with Gasteiger partial charge in [-0.1, -0.05) is 19.1 Å². The fourth-order valence-electron chi connectivity index (χ4n) is 3.16. The number of benzene rings is 1. The molecular weight excluding hydrogens is 302 g/mol. The van der Waals surface area contributed by atoms with Gasteiger partial charge in [0.25, 0.3) is 0 Å². The van der Waals surface area contributed by atoms with Gasteiger partial charge in [0.15, 0.2) is 15.6 Å². The van der Waals surface area contributed by atoms with Crippen LogP contribution in [0.3, 0.4) is 0 Å². The second-order valence-corrected chi connectivity index (χ2v) is 8.20. The van der Waals surface area contributed by atoms with E-state index in [9.17, 15) is 8.42 Å². The van der Waals surface area contributed by atoms with Gasteiger partial charge in [0.2, 0.25) is 0 Å². The minimum Gasteiger partial charge on any atom is -0.381 e. The van der Waals surface area contributed by atoms with Crippen molar-refractivity contribution >= 4 is 15.5 Å². The molecule has 0 aromatic heterocycles. The molecule has 1 N–H and O–H groups in total. The molecule has 1 aromatic carbocycles. The molecule has 0 radical (unpaired) electrons. The van der Waals surface area contributed by atoms with Crippen LogP contribution in [0.5, 0.6) is 0 Å². The monoisotopic (exact) mass is 325 g/mol. The van der Waals surface area contributed by atoms with Crippen molar-refractivity contribution in [2.75, 3.05) is 24.2 Å². The zero-order valence-corrected chi connectivity index (χ0v) is 13.7. The summed E-state index contributed by atoms with van der Waals surface area (Å²) in [5, 5.41) is 3.22. The van der Waals surface area contributed by atoms with Gasteiger partial charge in [-0.3, -0.25) is 0 Å². The molecule has 2 aliphatic rings. The Morgan fingerprint density at radius 3 is 2.73 bits per heavy atom. The second kappa shape index (κ2) is 6.18. The SMILES string of the molecule is CCS(=O)(=O)c1ccccc1NC[C@@H]1COC2(CCCC2)O1. The number of sulfone groups is 1. The van der Waals surface area contributed by atoms with Crippen LogP contribution in [0.1, 0.15) is 32.6 Å². The van der Waals surface area contributed by atoms with E-state index in [2.05, 4.69) is 5.32 Å². The molecule has 3 rings (SSSR count). The lowest BCUT2D eigenvalue weighted by Gasteiger charge is -2.22. The smallest absolute Gasteiger partial charge is 0.180 e. The summed E-state index contributed by atoms with van der Waals surface area (Å²) in [6.07, 6.45) is 4.19. The van der Waals surface area contributed by atoms with Gasteiger partial charge >= 0.3 is 0 Å². The van der Waals surface area contributed by atoms with E-state index in [4.69, 9.17) is 9.47 Å². The maximum Gasteiger partial charge on any atom is 0.180 e. The number of anilines is 1. The second-order valence-electron chi connectivity index (χ2n) is 5.95. The van der Waals surface area contributed by atoms with Crippen LogP contribution in [-0.4, -0.2) is 39.2 Å². The van der Waals surface area contributed by atoms with Gasteiger partial charge in [-0.05, 0) is 25.0 Å². The van der Waals surface area contributed by atoms with Gasteiger partial charge < -0.3 is 14.8 Å². The first-order valence-corrected chi connectivity index (χ1v) is 9.57. The van der Waals surface area contributed by atoms with Crippen molar-refractivity contribution < 1.29 is 17.9 Å². The van der Waals surface area contributed by atoms with E-state index < -0.39 is 9.84 Å². The van der Waals surface area contributed by atoms with Crippen molar-refractivity contribution in [1.29, 1.82) is 0 Å². The Balaban J connectivity index is 1.65. The third kappa shape index (κ3) is 3.14. The van der Waals surface area contributed by atoms with E-state index in [1.165, 1.54) is 0 Å². The zero-order valence-electron chi connectivity index (χ0n) is 12.9. The first kappa shape index (κ1) is 15.8. The molecular formula is C16H23NO4S. The van der Waals surface area contributed by atoms with Gasteiger partial charge in [-0.15, -0.1) is 0 Å². The molecule has 1 aliphatic heterocycles. The van der Waals surface area contributed by atoms with Crippen LogP contribution in [0, 0.1) is 0 Å². The van der Waals surface area contributed by atoms with Gasteiger partial charge in [0.05, 0.1) is 22.9 Å². The van der Waals surface area contributed by atoms with Crippen LogP contribution in [0.2, 0.25) is 0 Å². The van der Waals surface area contributed by atoms with Crippen LogP contribution in [0.4, 0.5) is 5.69 Å². The molecule has 5 nitrogen and oxygen atoms in total. The Kier molecular flexibility index (Phi) is 4.43. The molecule has 0 bridgehead atoms. The predicted molar refractivity (Wildman–Crippen MR) is 84.7 cm³/mol. The number of nitrogens with one attached hydrogen (secondary N) is 1. The average Bonchev–Trinajstić information content (AvgIpc) is 3.16.